The molecule has 0 rings (SSSR count). The third-order valence-electron chi connectivity index (χ3n) is 0.302. The molecule has 0 atom stereocenters. The van der Waals surface area contributed by atoms with Crippen molar-refractivity contribution >= 4 is 5.97 Å². The predicted molar refractivity (Wildman–Crippen MR) is 17.9 cm³/mol. The van der Waals surface area contributed by atoms with Gasteiger partial charge >= 0.3 is 5.97 Å². The molecule has 0 saturated heterocycles. The first-order valence-electron chi connectivity index (χ1n) is 1.49. The number of hydrogen-bond donors (Lipinski definition) is 1. The van der Waals surface area contributed by atoms with Crippen LogP contribution in [0.2, 0.25) is 0 Å². The van der Waals surface area contributed by atoms with E-state index in [1.165, 1.54) is 0 Å². The van der Waals surface area contributed by atoms with Crippen molar-refractivity contribution in [1.29, 1.82) is 0 Å². The van der Waals surface area contributed by atoms with Crippen LogP contribution in [0.15, 0.2) is 0 Å². The third kappa shape index (κ3) is 9.02. The van der Waals surface area contributed by atoms with Gasteiger partial charge in [0, 0.05) is 23.2 Å². The van der Waals surface area contributed by atoms with Gasteiger partial charge in [-0.1, -0.05) is 6.92 Å². The molecule has 0 aliphatic rings. The Morgan fingerprint density at radius 2 is 2.00 bits per heavy atom. The van der Waals surface area contributed by atoms with Gasteiger partial charge in [-0.05, 0) is 0 Å². The number of aliphatic carboxylic acids is 1. The van der Waals surface area contributed by atoms with E-state index < -0.39 is 5.97 Å². The van der Waals surface area contributed by atoms with E-state index in [2.05, 4.69) is 0 Å². The molecule has 0 unspecified atom stereocenters. The topological polar surface area (TPSA) is 37.3 Å². The molecular formula is C3H6CoO2. The van der Waals surface area contributed by atoms with Crippen molar-refractivity contribution in [2.45, 2.75) is 13.3 Å². The van der Waals surface area contributed by atoms with Crippen LogP contribution in [0.25, 0.3) is 0 Å². The standard InChI is InChI=1S/C3H6O2.Co/c1-2-3(4)5;/h2H2,1H3,(H,4,5);. The van der Waals surface area contributed by atoms with E-state index in [9.17, 15) is 4.79 Å². The molecule has 1 N–H and O–H groups in total. The van der Waals surface area contributed by atoms with E-state index in [0.29, 0.717) is 0 Å². The Labute approximate surface area is 46.7 Å². The zero-order chi connectivity index (χ0) is 4.28. The van der Waals surface area contributed by atoms with Crippen LogP contribution >= 0.6 is 0 Å². The van der Waals surface area contributed by atoms with Crippen LogP contribution < -0.4 is 0 Å². The summed E-state index contributed by atoms with van der Waals surface area (Å²) in [5, 5.41) is 7.72. The van der Waals surface area contributed by atoms with Crippen LogP contribution in [-0.4, -0.2) is 11.1 Å². The van der Waals surface area contributed by atoms with Gasteiger partial charge in [0.2, 0.25) is 0 Å². The SMILES string of the molecule is CCC(=O)O.[Co]. The van der Waals surface area contributed by atoms with E-state index in [1.807, 2.05) is 0 Å². The van der Waals surface area contributed by atoms with Gasteiger partial charge in [0.25, 0.3) is 0 Å². The molecule has 0 aromatic carbocycles. The maximum absolute atomic E-state index is 9.37. The Balaban J connectivity index is 0. The van der Waals surface area contributed by atoms with E-state index in [1.54, 1.807) is 6.92 Å². The summed E-state index contributed by atoms with van der Waals surface area (Å²) < 4.78 is 0. The molecule has 0 aliphatic heterocycles. The zero-order valence-corrected chi connectivity index (χ0v) is 4.44. The molecule has 0 aliphatic carbocycles. The minimum atomic E-state index is -0.745. The van der Waals surface area contributed by atoms with Crippen molar-refractivity contribution in [2.24, 2.45) is 0 Å². The molecule has 0 amide bonds. The van der Waals surface area contributed by atoms with E-state index in [4.69, 9.17) is 5.11 Å². The predicted octanol–water partition coefficient (Wildman–Crippen LogP) is 0.478. The summed E-state index contributed by atoms with van der Waals surface area (Å²) in [6.07, 6.45) is 0.222. The Hall–Kier alpha value is -0.0235. The average Bonchev–Trinajstić information content (AvgIpc) is 1.38. The second-order valence-corrected chi connectivity index (χ2v) is 0.747. The second kappa shape index (κ2) is 4.98. The molecule has 0 saturated carbocycles. The quantitative estimate of drug-likeness (QED) is 0.564. The molecule has 6 heavy (non-hydrogen) atoms. The molecular weight excluding hydrogens is 127 g/mol. The van der Waals surface area contributed by atoms with Crippen molar-refractivity contribution in [3.05, 3.63) is 0 Å². The van der Waals surface area contributed by atoms with Crippen LogP contribution in [0.4, 0.5) is 0 Å². The molecule has 1 radical (unpaired) electrons. The molecule has 2 nitrogen and oxygen atoms in total. The summed E-state index contributed by atoms with van der Waals surface area (Å²) in [7, 11) is 0. The Bertz CT molecular complexity index is 44.1. The van der Waals surface area contributed by atoms with Crippen molar-refractivity contribution in [3.8, 4) is 0 Å². The molecule has 0 bridgehead atoms. The van der Waals surface area contributed by atoms with Gasteiger partial charge in [-0.3, -0.25) is 4.79 Å². The maximum Gasteiger partial charge on any atom is 0.303 e. The summed E-state index contributed by atoms with van der Waals surface area (Å²) in [5.41, 5.74) is 0. The smallest absolute Gasteiger partial charge is 0.303 e. The average molecular weight is 133 g/mol. The summed E-state index contributed by atoms with van der Waals surface area (Å²) >= 11 is 0. The van der Waals surface area contributed by atoms with Crippen molar-refractivity contribution in [3.63, 3.8) is 0 Å². The van der Waals surface area contributed by atoms with Gasteiger partial charge in [0.05, 0.1) is 0 Å². The molecule has 0 fully saturated rings. The first-order chi connectivity index (χ1) is 2.27. The summed E-state index contributed by atoms with van der Waals surface area (Å²) in [5.74, 6) is -0.745. The molecule has 3 heteroatoms. The van der Waals surface area contributed by atoms with Crippen LogP contribution in [0, 0.1) is 0 Å². The maximum atomic E-state index is 9.37. The van der Waals surface area contributed by atoms with E-state index in [0.717, 1.165) is 0 Å². The van der Waals surface area contributed by atoms with Crippen LogP contribution in [0.1, 0.15) is 13.3 Å². The van der Waals surface area contributed by atoms with Crippen LogP contribution in [0.5, 0.6) is 0 Å². The number of hydrogen-bond acceptors (Lipinski definition) is 1. The monoisotopic (exact) mass is 133 g/mol. The third-order valence-corrected chi connectivity index (χ3v) is 0.302. The van der Waals surface area contributed by atoms with Crippen LogP contribution in [-0.2, 0) is 21.6 Å². The minimum Gasteiger partial charge on any atom is -0.481 e. The normalized spacial score (nSPS) is 6.17. The van der Waals surface area contributed by atoms with Crippen molar-refractivity contribution in [2.75, 3.05) is 0 Å². The first kappa shape index (κ1) is 9.36. The summed E-state index contributed by atoms with van der Waals surface area (Å²) in [4.78, 5) is 9.37. The fourth-order valence-corrected chi connectivity index (χ4v) is 0. The van der Waals surface area contributed by atoms with Crippen LogP contribution in [0.3, 0.4) is 0 Å². The van der Waals surface area contributed by atoms with Gasteiger partial charge in [-0.15, -0.1) is 0 Å². The number of carbonyl (C=O) groups is 1. The number of rotatable bonds is 1. The number of carboxylic acid groups (broad SMARTS) is 1. The largest absolute Gasteiger partial charge is 0.481 e. The van der Waals surface area contributed by atoms with E-state index in [-0.39, 0.29) is 23.2 Å². The van der Waals surface area contributed by atoms with Gasteiger partial charge in [0.15, 0.2) is 0 Å². The van der Waals surface area contributed by atoms with Gasteiger partial charge in [-0.25, -0.2) is 0 Å². The fraction of sp³-hybridized carbons (Fsp3) is 0.667. The van der Waals surface area contributed by atoms with E-state index >= 15 is 0 Å². The zero-order valence-electron chi connectivity index (χ0n) is 3.40. The summed E-state index contributed by atoms with van der Waals surface area (Å²) in [6, 6.07) is 0. The molecule has 0 aromatic rings. The van der Waals surface area contributed by atoms with Gasteiger partial charge in [-0.2, -0.15) is 0 Å². The number of carboxylic acids is 1. The van der Waals surface area contributed by atoms with Gasteiger partial charge < -0.3 is 5.11 Å². The van der Waals surface area contributed by atoms with Crippen molar-refractivity contribution in [1.82, 2.24) is 0 Å². The summed E-state index contributed by atoms with van der Waals surface area (Å²) in [6.45, 7) is 1.60. The first-order valence-corrected chi connectivity index (χ1v) is 1.49. The molecule has 0 spiro atoms. The molecule has 0 heterocycles. The Morgan fingerprint density at radius 1 is 1.83 bits per heavy atom. The fourth-order valence-electron chi connectivity index (χ4n) is 0. The Morgan fingerprint density at radius 3 is 2.00 bits per heavy atom. The minimum absolute atomic E-state index is 0. The molecule has 0 aromatic heterocycles. The van der Waals surface area contributed by atoms with Gasteiger partial charge in [0.1, 0.15) is 0 Å². The second-order valence-electron chi connectivity index (χ2n) is 0.747. The Kier molecular flexibility index (Phi) is 7.76. The van der Waals surface area contributed by atoms with Crippen molar-refractivity contribution < 1.29 is 26.7 Å². The molecule has 39 valence electrons.